The highest BCUT2D eigenvalue weighted by atomic mass is 127. The molecule has 3 heteroatoms. The predicted molar refractivity (Wildman–Crippen MR) is 78.3 cm³/mol. The zero-order valence-electron chi connectivity index (χ0n) is 9.76. The zero-order valence-corrected chi connectivity index (χ0v) is 11.9. The lowest BCUT2D eigenvalue weighted by Crippen LogP contribution is -2.14. The molecule has 0 amide bonds. The van der Waals surface area contributed by atoms with Crippen molar-refractivity contribution in [3.63, 3.8) is 0 Å². The van der Waals surface area contributed by atoms with Gasteiger partial charge in [-0.3, -0.25) is 0 Å². The van der Waals surface area contributed by atoms with Crippen LogP contribution in [0.1, 0.15) is 11.1 Å². The molecule has 0 aliphatic carbocycles. The monoisotopic (exact) mass is 328 g/mol. The third-order valence-corrected chi connectivity index (χ3v) is 3.70. The Morgan fingerprint density at radius 1 is 1.31 bits per heavy atom. The summed E-state index contributed by atoms with van der Waals surface area (Å²) in [7, 11) is 4.23. The average molecular weight is 328 g/mol. The van der Waals surface area contributed by atoms with Gasteiger partial charge in [0.25, 0.3) is 0 Å². The quantitative estimate of drug-likeness (QED) is 0.675. The van der Waals surface area contributed by atoms with E-state index in [1.165, 1.54) is 22.0 Å². The number of rotatable bonds is 4. The lowest BCUT2D eigenvalue weighted by molar-refractivity contribution is 0.414. The predicted octanol–water partition coefficient (Wildman–Crippen LogP) is 3.21. The van der Waals surface area contributed by atoms with Crippen molar-refractivity contribution in [2.24, 2.45) is 0 Å². The van der Waals surface area contributed by atoms with Gasteiger partial charge in [-0.15, -0.1) is 0 Å². The van der Waals surface area contributed by atoms with Crippen molar-refractivity contribution >= 4 is 33.5 Å². The number of fused-ring (bicyclic) bond motifs is 1. The number of hydrogen-bond donors (Lipinski definition) is 1. The summed E-state index contributed by atoms with van der Waals surface area (Å²) in [6.45, 7) is 1.10. The van der Waals surface area contributed by atoms with Gasteiger partial charge < -0.3 is 9.88 Å². The number of nitrogens with one attached hydrogen (secondary N) is 1. The first-order valence-electron chi connectivity index (χ1n) is 5.50. The van der Waals surface area contributed by atoms with E-state index >= 15 is 0 Å². The molecule has 1 N–H and O–H groups in total. The summed E-state index contributed by atoms with van der Waals surface area (Å²) >= 11 is 2.41. The molecule has 2 rings (SSSR count). The average Bonchev–Trinajstić information content (AvgIpc) is 2.68. The maximum absolute atomic E-state index is 3.34. The van der Waals surface area contributed by atoms with Crippen LogP contribution in [0, 0.1) is 0 Å². The summed E-state index contributed by atoms with van der Waals surface area (Å²) in [6.07, 6.45) is 3.25. The van der Waals surface area contributed by atoms with Gasteiger partial charge in [-0.2, -0.15) is 0 Å². The van der Waals surface area contributed by atoms with Crippen molar-refractivity contribution in [3.8, 4) is 0 Å². The Bertz CT molecular complexity index is 474. The van der Waals surface area contributed by atoms with Crippen molar-refractivity contribution in [3.05, 3.63) is 35.5 Å². The van der Waals surface area contributed by atoms with Crippen LogP contribution in [0.5, 0.6) is 0 Å². The summed E-state index contributed by atoms with van der Waals surface area (Å²) in [5.41, 5.74) is 4.08. The minimum Gasteiger partial charge on any atom is -0.361 e. The molecule has 0 radical (unpaired) electrons. The van der Waals surface area contributed by atoms with E-state index in [-0.39, 0.29) is 0 Å². The Labute approximate surface area is 110 Å². The first-order chi connectivity index (χ1) is 7.70. The smallest absolute Gasteiger partial charge is 0.0457 e. The van der Waals surface area contributed by atoms with Crippen LogP contribution in [0.15, 0.2) is 24.4 Å². The molecule has 0 unspecified atom stereocenters. The Balaban J connectivity index is 2.30. The van der Waals surface area contributed by atoms with Crippen LogP contribution in [-0.4, -0.2) is 30.5 Å². The van der Waals surface area contributed by atoms with E-state index < -0.39 is 0 Å². The Morgan fingerprint density at radius 3 is 2.81 bits per heavy atom. The van der Waals surface area contributed by atoms with Crippen molar-refractivity contribution in [1.29, 1.82) is 0 Å². The molecule has 0 bridgehead atoms. The Hall–Kier alpha value is -0.550. The highest BCUT2D eigenvalue weighted by Crippen LogP contribution is 2.21. The van der Waals surface area contributed by atoms with Gasteiger partial charge >= 0.3 is 0 Å². The molecule has 0 saturated heterocycles. The number of alkyl halides is 1. The minimum atomic E-state index is 1.08. The molecule has 0 aliphatic heterocycles. The van der Waals surface area contributed by atoms with Gasteiger partial charge in [-0.05, 0) is 43.8 Å². The van der Waals surface area contributed by atoms with E-state index in [2.05, 4.69) is 71.0 Å². The van der Waals surface area contributed by atoms with Gasteiger partial charge in [0.15, 0.2) is 0 Å². The molecule has 16 heavy (non-hydrogen) atoms. The molecule has 1 aromatic heterocycles. The van der Waals surface area contributed by atoms with Crippen molar-refractivity contribution in [2.45, 2.75) is 10.8 Å². The molecule has 1 heterocycles. The lowest BCUT2D eigenvalue weighted by atomic mass is 10.1. The molecule has 0 spiro atoms. The van der Waals surface area contributed by atoms with Crippen LogP contribution in [0.3, 0.4) is 0 Å². The second-order valence-corrected chi connectivity index (χ2v) is 5.14. The topological polar surface area (TPSA) is 19.0 Å². The number of nitrogens with zero attached hydrogens (tertiary/aromatic N) is 1. The van der Waals surface area contributed by atoms with Crippen LogP contribution in [0.2, 0.25) is 0 Å². The van der Waals surface area contributed by atoms with Gasteiger partial charge in [-0.1, -0.05) is 28.7 Å². The second kappa shape index (κ2) is 5.19. The Kier molecular flexibility index (Phi) is 3.86. The Morgan fingerprint density at radius 2 is 2.12 bits per heavy atom. The molecule has 0 aliphatic rings. The first kappa shape index (κ1) is 11.9. The van der Waals surface area contributed by atoms with Crippen molar-refractivity contribution < 1.29 is 0 Å². The second-order valence-electron chi connectivity index (χ2n) is 4.38. The number of halogens is 1. The number of H-pyrrole nitrogens is 1. The summed E-state index contributed by atoms with van der Waals surface area (Å²) in [5, 5.41) is 1.39. The van der Waals surface area contributed by atoms with E-state index in [0.29, 0.717) is 0 Å². The van der Waals surface area contributed by atoms with Crippen LogP contribution in [0.4, 0.5) is 0 Å². The van der Waals surface area contributed by atoms with E-state index in [0.717, 1.165) is 17.4 Å². The molecular weight excluding hydrogens is 311 g/mol. The first-order valence-corrected chi connectivity index (χ1v) is 7.03. The fourth-order valence-electron chi connectivity index (χ4n) is 1.86. The third-order valence-electron chi connectivity index (χ3n) is 2.81. The van der Waals surface area contributed by atoms with Crippen LogP contribution in [0.25, 0.3) is 10.9 Å². The van der Waals surface area contributed by atoms with Gasteiger partial charge in [0.2, 0.25) is 0 Å². The fraction of sp³-hybridized carbons (Fsp3) is 0.385. The number of benzene rings is 1. The maximum Gasteiger partial charge on any atom is 0.0457 e. The number of hydrogen-bond acceptors (Lipinski definition) is 1. The van der Waals surface area contributed by atoms with E-state index in [1.807, 2.05) is 0 Å². The summed E-state index contributed by atoms with van der Waals surface area (Å²) in [6, 6.07) is 6.69. The molecule has 2 aromatic rings. The van der Waals surface area contributed by atoms with Crippen molar-refractivity contribution in [1.82, 2.24) is 9.88 Å². The van der Waals surface area contributed by atoms with Gasteiger partial charge in [0.05, 0.1) is 0 Å². The normalized spacial score (nSPS) is 11.5. The standard InChI is InChI=1S/C13H17IN2/c1-16(2)6-5-11-9-15-13-4-3-10(8-14)7-12(11)13/h3-4,7,9,15H,5-6,8H2,1-2H3. The highest BCUT2D eigenvalue weighted by Gasteiger charge is 2.04. The number of likely N-dealkylation sites (N-methyl/N-ethyl adjacent to an activating group) is 1. The van der Waals surface area contributed by atoms with Crippen LogP contribution < -0.4 is 0 Å². The maximum atomic E-state index is 3.34. The van der Waals surface area contributed by atoms with Crippen LogP contribution in [-0.2, 0) is 10.8 Å². The molecular formula is C13H17IN2. The van der Waals surface area contributed by atoms with Crippen molar-refractivity contribution in [2.75, 3.05) is 20.6 Å². The van der Waals surface area contributed by atoms with Gasteiger partial charge in [-0.25, -0.2) is 0 Å². The van der Waals surface area contributed by atoms with Gasteiger partial charge in [0, 0.05) is 28.1 Å². The molecule has 2 nitrogen and oxygen atoms in total. The summed E-state index contributed by atoms with van der Waals surface area (Å²) in [5.74, 6) is 0. The fourth-order valence-corrected chi connectivity index (χ4v) is 2.33. The van der Waals surface area contributed by atoms with E-state index in [4.69, 9.17) is 0 Å². The van der Waals surface area contributed by atoms with E-state index in [1.54, 1.807) is 0 Å². The highest BCUT2D eigenvalue weighted by molar-refractivity contribution is 14.1. The number of aromatic amines is 1. The van der Waals surface area contributed by atoms with Gasteiger partial charge in [0.1, 0.15) is 0 Å². The zero-order chi connectivity index (χ0) is 11.5. The minimum absolute atomic E-state index is 1.08. The largest absolute Gasteiger partial charge is 0.361 e. The third kappa shape index (κ3) is 2.58. The molecule has 0 fully saturated rings. The summed E-state index contributed by atoms with van der Waals surface area (Å²) < 4.78 is 1.08. The lowest BCUT2D eigenvalue weighted by Gasteiger charge is -2.08. The van der Waals surface area contributed by atoms with Crippen LogP contribution >= 0.6 is 22.6 Å². The SMILES string of the molecule is CN(C)CCc1c[nH]c2ccc(CI)cc12. The molecule has 0 saturated carbocycles. The molecule has 1 aromatic carbocycles. The number of aromatic nitrogens is 1. The van der Waals surface area contributed by atoms with E-state index in [9.17, 15) is 0 Å². The molecule has 0 atom stereocenters. The summed E-state index contributed by atoms with van der Waals surface area (Å²) in [4.78, 5) is 5.57. The molecule has 86 valence electrons.